The third kappa shape index (κ3) is 4.98. The van der Waals surface area contributed by atoms with Gasteiger partial charge in [0.25, 0.3) is 0 Å². The van der Waals surface area contributed by atoms with Crippen molar-refractivity contribution in [1.82, 2.24) is 14.5 Å². The predicted octanol–water partition coefficient (Wildman–Crippen LogP) is 7.75. The second-order valence-corrected chi connectivity index (χ2v) is 12.7. The van der Waals surface area contributed by atoms with E-state index >= 15 is 0 Å². The number of aryl methyl sites for hydroxylation is 5. The second-order valence-electron chi connectivity index (χ2n) is 12.7. The number of hydrogen-bond acceptors (Lipinski definition) is 5. The van der Waals surface area contributed by atoms with E-state index in [1.807, 2.05) is 42.5 Å². The zero-order chi connectivity index (χ0) is 32.7. The van der Waals surface area contributed by atoms with Crippen molar-refractivity contribution in [1.29, 1.82) is 0 Å². The van der Waals surface area contributed by atoms with Gasteiger partial charge in [0, 0.05) is 40.7 Å². The molecule has 0 unspecified atom stereocenters. The van der Waals surface area contributed by atoms with Crippen LogP contribution in [0.25, 0.3) is 28.1 Å². The molecule has 9 rings (SSSR count). The van der Waals surface area contributed by atoms with E-state index in [0.29, 0.717) is 11.6 Å². The van der Waals surface area contributed by atoms with Crippen molar-refractivity contribution in [2.24, 2.45) is 0 Å². The molecule has 4 heterocycles. The molecule has 0 aliphatic carbocycles. The molecule has 2 aromatic heterocycles. The first-order valence-electron chi connectivity index (χ1n) is 16.1. The summed E-state index contributed by atoms with van der Waals surface area (Å²) >= 11 is 0. The first-order chi connectivity index (χ1) is 23.3. The Morgan fingerprint density at radius 1 is 0.714 bits per heavy atom. The van der Waals surface area contributed by atoms with Crippen molar-refractivity contribution < 1.29 is 35.3 Å². The Bertz CT molecular complexity index is 2410. The maximum Gasteiger partial charge on any atom is 2.00 e. The van der Waals surface area contributed by atoms with Crippen molar-refractivity contribution >= 4 is 34.1 Å². The molecule has 240 valence electrons. The molecule has 0 bridgehead atoms. The Kier molecular flexibility index (Phi) is 7.49. The molecule has 0 saturated carbocycles. The predicted molar refractivity (Wildman–Crippen MR) is 190 cm³/mol. The van der Waals surface area contributed by atoms with Crippen LogP contribution in [-0.4, -0.2) is 21.2 Å². The number of para-hydroxylation sites is 2. The van der Waals surface area contributed by atoms with Crippen LogP contribution in [0.4, 0.5) is 0 Å². The summed E-state index contributed by atoms with van der Waals surface area (Å²) in [7, 11) is 0. The number of ether oxygens (including phenoxy) is 3. The normalized spacial score (nSPS) is 12.3. The molecule has 5 aromatic carbocycles. The summed E-state index contributed by atoms with van der Waals surface area (Å²) in [4.78, 5) is 9.55. The molecular formula is C41H30BN3O3Pt. The van der Waals surface area contributed by atoms with Gasteiger partial charge in [0.15, 0.2) is 0 Å². The van der Waals surface area contributed by atoms with Crippen LogP contribution in [0.2, 0.25) is 0 Å². The first kappa shape index (κ1) is 31.2. The van der Waals surface area contributed by atoms with E-state index in [9.17, 15) is 0 Å². The molecule has 8 heteroatoms. The summed E-state index contributed by atoms with van der Waals surface area (Å²) in [6.07, 6.45) is 1.71. The van der Waals surface area contributed by atoms with Gasteiger partial charge >= 0.3 is 21.1 Å². The number of fused-ring (bicyclic) bond motifs is 5. The van der Waals surface area contributed by atoms with Crippen molar-refractivity contribution in [3.05, 3.63) is 131 Å². The molecule has 6 nitrogen and oxygen atoms in total. The quantitative estimate of drug-likeness (QED) is 0.134. The largest absolute Gasteiger partial charge is 2.00 e. The molecule has 0 saturated heterocycles. The SMILES string of the molecule is Cc1cc(C)c(-n2c(-c3[c-]c4c(cc3)Oc3c(C)cc(C)c5c3B4c3[c-]c(Oc4ccccn4)ccc3O5)nc3ccccc32)c(C)c1.[Pt+2]. The van der Waals surface area contributed by atoms with Crippen LogP contribution < -0.4 is 30.6 Å². The van der Waals surface area contributed by atoms with Gasteiger partial charge in [-0.3, -0.25) is 4.98 Å². The van der Waals surface area contributed by atoms with Crippen molar-refractivity contribution in [3.8, 4) is 51.7 Å². The minimum Gasteiger partial charge on any atom is -0.517 e. The molecule has 49 heavy (non-hydrogen) atoms. The van der Waals surface area contributed by atoms with Crippen molar-refractivity contribution in [3.63, 3.8) is 0 Å². The van der Waals surface area contributed by atoms with Gasteiger partial charge in [-0.1, -0.05) is 35.9 Å². The topological polar surface area (TPSA) is 58.4 Å². The molecule has 0 N–H and O–H groups in total. The van der Waals surface area contributed by atoms with Crippen LogP contribution >= 0.6 is 0 Å². The molecule has 2 aliphatic heterocycles. The van der Waals surface area contributed by atoms with E-state index in [1.54, 1.807) is 6.20 Å². The Hall–Kier alpha value is -5.13. The number of imidazole rings is 1. The second kappa shape index (κ2) is 11.8. The Labute approximate surface area is 300 Å². The zero-order valence-electron chi connectivity index (χ0n) is 27.6. The van der Waals surface area contributed by atoms with E-state index in [1.165, 1.54) is 16.7 Å². The molecule has 0 atom stereocenters. The Balaban J connectivity index is 0.00000348. The number of nitrogens with zero attached hydrogens (tertiary/aromatic N) is 3. The number of rotatable bonds is 4. The van der Waals surface area contributed by atoms with E-state index in [0.717, 1.165) is 78.6 Å². The smallest absolute Gasteiger partial charge is 0.517 e. The zero-order valence-corrected chi connectivity index (χ0v) is 29.9. The van der Waals surface area contributed by atoms with E-state index in [-0.39, 0.29) is 27.8 Å². The fraction of sp³-hybridized carbons (Fsp3) is 0.122. The third-order valence-corrected chi connectivity index (χ3v) is 9.29. The van der Waals surface area contributed by atoms with Crippen LogP contribution in [0.15, 0.2) is 91.1 Å². The molecule has 0 amide bonds. The summed E-state index contributed by atoms with van der Waals surface area (Å²) in [5, 5.41) is 0. The fourth-order valence-electron chi connectivity index (χ4n) is 7.42. The monoisotopic (exact) mass is 818 g/mol. The molecule has 0 radical (unpaired) electrons. The van der Waals surface area contributed by atoms with Gasteiger partial charge in [-0.25, -0.2) is 4.98 Å². The van der Waals surface area contributed by atoms with E-state index < -0.39 is 0 Å². The minimum atomic E-state index is -0.256. The van der Waals surface area contributed by atoms with Gasteiger partial charge in [0.2, 0.25) is 12.6 Å². The first-order valence-corrected chi connectivity index (χ1v) is 16.1. The van der Waals surface area contributed by atoms with Gasteiger partial charge in [-0.05, 0) is 81.1 Å². The van der Waals surface area contributed by atoms with E-state index in [2.05, 4.69) is 98.8 Å². The van der Waals surface area contributed by atoms with Crippen molar-refractivity contribution in [2.75, 3.05) is 0 Å². The Morgan fingerprint density at radius 3 is 2.10 bits per heavy atom. The van der Waals surface area contributed by atoms with E-state index in [4.69, 9.17) is 19.2 Å². The molecule has 2 aliphatic rings. The maximum absolute atomic E-state index is 6.67. The average Bonchev–Trinajstić information content (AvgIpc) is 3.45. The third-order valence-electron chi connectivity index (χ3n) is 9.29. The number of hydrogen-bond donors (Lipinski definition) is 0. The molecular weight excluding hydrogens is 788 g/mol. The summed E-state index contributed by atoms with van der Waals surface area (Å²) in [5.41, 5.74) is 12.4. The van der Waals surface area contributed by atoms with Gasteiger partial charge in [0.05, 0.1) is 16.9 Å². The number of pyridine rings is 1. The van der Waals surface area contributed by atoms with Crippen LogP contribution in [0.1, 0.15) is 27.8 Å². The molecule has 0 fully saturated rings. The van der Waals surface area contributed by atoms with Gasteiger partial charge < -0.3 is 18.8 Å². The van der Waals surface area contributed by atoms with Gasteiger partial charge in [-0.15, -0.1) is 52.9 Å². The number of benzene rings is 5. The standard InChI is InChI=1S/C41H30BN3O3.Pt/c1-23-18-24(2)38(25(3)19-23)45-33-11-7-6-10-32(33)44-41(45)28-13-15-34-30(21-28)42-31-22-29(46-36-12-8-9-17-43-36)14-16-35(31)48-40-27(5)20-26(4)39(47-34)37(40)42;/h6-20H,1-5H3;/q-2;+2. The van der Waals surface area contributed by atoms with Gasteiger partial charge in [0.1, 0.15) is 11.5 Å². The Morgan fingerprint density at radius 2 is 1.39 bits per heavy atom. The maximum atomic E-state index is 6.67. The van der Waals surface area contributed by atoms with Crippen LogP contribution in [0, 0.1) is 46.8 Å². The van der Waals surface area contributed by atoms with Gasteiger partial charge in [-0.2, -0.15) is 0 Å². The summed E-state index contributed by atoms with van der Waals surface area (Å²) < 4.78 is 21.7. The van der Waals surface area contributed by atoms with Crippen LogP contribution in [0.3, 0.4) is 0 Å². The average molecular weight is 819 g/mol. The fourth-order valence-corrected chi connectivity index (χ4v) is 7.42. The summed E-state index contributed by atoms with van der Waals surface area (Å²) in [5.74, 6) is 4.97. The number of aromatic nitrogens is 3. The van der Waals surface area contributed by atoms with Crippen LogP contribution in [-0.2, 0) is 21.1 Å². The minimum absolute atomic E-state index is 0. The summed E-state index contributed by atoms with van der Waals surface area (Å²) in [6, 6.07) is 35.8. The van der Waals surface area contributed by atoms with Crippen LogP contribution in [0.5, 0.6) is 34.6 Å². The molecule has 0 spiro atoms. The summed E-state index contributed by atoms with van der Waals surface area (Å²) in [6.45, 7) is 10.4. The molecule has 7 aromatic rings. The van der Waals surface area contributed by atoms with Crippen molar-refractivity contribution in [2.45, 2.75) is 34.6 Å².